The molecular formula is C13H26ClN3O3. The third-order valence-electron chi connectivity index (χ3n) is 3.26. The lowest BCUT2D eigenvalue weighted by atomic mass is 10.1. The van der Waals surface area contributed by atoms with Crippen LogP contribution < -0.4 is 11.1 Å². The Bertz CT molecular complexity index is 326. The Kier molecular flexibility index (Phi) is 8.76. The van der Waals surface area contributed by atoms with Crippen molar-refractivity contribution in [2.75, 3.05) is 20.6 Å². The lowest BCUT2D eigenvalue weighted by molar-refractivity contribution is -0.140. The van der Waals surface area contributed by atoms with Crippen LogP contribution in [-0.4, -0.2) is 55.6 Å². The van der Waals surface area contributed by atoms with Crippen molar-refractivity contribution < 1.29 is 14.3 Å². The third kappa shape index (κ3) is 5.64. The van der Waals surface area contributed by atoms with Crippen molar-refractivity contribution in [2.24, 2.45) is 5.73 Å². The van der Waals surface area contributed by atoms with Gasteiger partial charge in [0, 0.05) is 20.6 Å². The summed E-state index contributed by atoms with van der Waals surface area (Å²) in [5.74, 6) is -0.163. The number of hydrogen-bond donors (Lipinski definition) is 2. The molecule has 6 nitrogen and oxygen atoms in total. The van der Waals surface area contributed by atoms with Crippen LogP contribution in [0.1, 0.15) is 32.6 Å². The van der Waals surface area contributed by atoms with E-state index in [0.717, 1.165) is 12.8 Å². The molecule has 3 atom stereocenters. The Balaban J connectivity index is 0.00000361. The molecule has 1 aliphatic heterocycles. The van der Waals surface area contributed by atoms with E-state index >= 15 is 0 Å². The van der Waals surface area contributed by atoms with Gasteiger partial charge in [0.05, 0.1) is 12.1 Å². The minimum Gasteiger partial charge on any atom is -0.363 e. The van der Waals surface area contributed by atoms with E-state index in [1.165, 1.54) is 4.90 Å². The number of nitrogens with one attached hydrogen (secondary N) is 1. The molecule has 0 saturated carbocycles. The molecule has 3 unspecified atom stereocenters. The summed E-state index contributed by atoms with van der Waals surface area (Å²) in [7, 11) is 3.43. The highest BCUT2D eigenvalue weighted by Gasteiger charge is 2.31. The summed E-state index contributed by atoms with van der Waals surface area (Å²) in [5, 5.41) is 2.78. The zero-order valence-electron chi connectivity index (χ0n) is 12.4. The van der Waals surface area contributed by atoms with E-state index < -0.39 is 6.04 Å². The zero-order valence-corrected chi connectivity index (χ0v) is 13.2. The normalized spacial score (nSPS) is 22.8. The smallest absolute Gasteiger partial charge is 0.251 e. The van der Waals surface area contributed by atoms with Crippen molar-refractivity contribution in [3.63, 3.8) is 0 Å². The molecule has 2 amide bonds. The molecule has 1 heterocycles. The number of amides is 2. The first-order valence-electron chi connectivity index (χ1n) is 6.85. The molecule has 118 valence electrons. The average Bonchev–Trinajstić information content (AvgIpc) is 2.83. The quantitative estimate of drug-likeness (QED) is 0.738. The Morgan fingerprint density at radius 1 is 1.40 bits per heavy atom. The second-order valence-corrected chi connectivity index (χ2v) is 5.20. The molecule has 0 aromatic heterocycles. The van der Waals surface area contributed by atoms with Gasteiger partial charge in [0.15, 0.2) is 0 Å². The molecule has 1 saturated heterocycles. The van der Waals surface area contributed by atoms with Crippen molar-refractivity contribution in [3.8, 4) is 0 Å². The molecule has 1 rings (SSSR count). The van der Waals surface area contributed by atoms with Crippen LogP contribution in [0.4, 0.5) is 0 Å². The first kappa shape index (κ1) is 19.1. The van der Waals surface area contributed by atoms with E-state index in [1.54, 1.807) is 14.1 Å². The van der Waals surface area contributed by atoms with Crippen LogP contribution in [0.15, 0.2) is 0 Å². The number of carbonyl (C=O) groups excluding carboxylic acids is 2. The van der Waals surface area contributed by atoms with Crippen LogP contribution in [0.2, 0.25) is 0 Å². The van der Waals surface area contributed by atoms with Crippen LogP contribution in [0, 0.1) is 0 Å². The number of rotatable bonds is 6. The first-order chi connectivity index (χ1) is 8.95. The van der Waals surface area contributed by atoms with Crippen molar-refractivity contribution in [3.05, 3.63) is 0 Å². The fourth-order valence-electron chi connectivity index (χ4n) is 2.11. The van der Waals surface area contributed by atoms with E-state index in [1.807, 2.05) is 6.92 Å². The van der Waals surface area contributed by atoms with Crippen molar-refractivity contribution >= 4 is 24.2 Å². The number of nitrogens with two attached hydrogens (primary N) is 1. The van der Waals surface area contributed by atoms with Gasteiger partial charge in [-0.05, 0) is 19.3 Å². The number of nitrogens with zero attached hydrogens (tertiary/aromatic N) is 1. The van der Waals surface area contributed by atoms with E-state index in [-0.39, 0.29) is 36.4 Å². The van der Waals surface area contributed by atoms with Crippen LogP contribution >= 0.6 is 12.4 Å². The summed E-state index contributed by atoms with van der Waals surface area (Å²) in [6, 6.07) is -0.453. The van der Waals surface area contributed by atoms with E-state index in [2.05, 4.69) is 5.32 Å². The standard InChI is InChI=1S/C13H25N3O3.ClH/c1-4-5-10(14)12(17)15-8-9-6-7-11(19-9)13(18)16(2)3;/h9-11H,4-8,14H2,1-3H3,(H,15,17);1H. The van der Waals surface area contributed by atoms with Crippen molar-refractivity contribution in [1.29, 1.82) is 0 Å². The summed E-state index contributed by atoms with van der Waals surface area (Å²) in [6.07, 6.45) is 2.59. The van der Waals surface area contributed by atoms with Gasteiger partial charge in [-0.3, -0.25) is 9.59 Å². The molecule has 0 spiro atoms. The van der Waals surface area contributed by atoms with Gasteiger partial charge in [-0.15, -0.1) is 12.4 Å². The molecule has 0 aromatic carbocycles. The van der Waals surface area contributed by atoms with Gasteiger partial charge in [-0.2, -0.15) is 0 Å². The Labute approximate surface area is 126 Å². The number of halogens is 1. The Hall–Kier alpha value is -0.850. The summed E-state index contributed by atoms with van der Waals surface area (Å²) >= 11 is 0. The lowest BCUT2D eigenvalue weighted by Gasteiger charge is -2.18. The minimum absolute atomic E-state index is 0. The molecule has 0 aromatic rings. The summed E-state index contributed by atoms with van der Waals surface area (Å²) in [4.78, 5) is 24.9. The van der Waals surface area contributed by atoms with E-state index in [0.29, 0.717) is 19.4 Å². The van der Waals surface area contributed by atoms with Gasteiger partial charge in [0.1, 0.15) is 6.10 Å². The maximum absolute atomic E-state index is 11.7. The highest BCUT2D eigenvalue weighted by molar-refractivity contribution is 5.85. The number of likely N-dealkylation sites (N-methyl/N-ethyl adjacent to an activating group) is 1. The lowest BCUT2D eigenvalue weighted by Crippen LogP contribution is -2.43. The maximum atomic E-state index is 11.7. The Morgan fingerprint density at radius 3 is 2.60 bits per heavy atom. The molecule has 0 aliphatic carbocycles. The summed E-state index contributed by atoms with van der Waals surface area (Å²) in [6.45, 7) is 2.41. The molecule has 7 heteroatoms. The van der Waals surface area contributed by atoms with Crippen LogP contribution in [-0.2, 0) is 14.3 Å². The highest BCUT2D eigenvalue weighted by Crippen LogP contribution is 2.20. The van der Waals surface area contributed by atoms with Crippen LogP contribution in [0.5, 0.6) is 0 Å². The predicted molar refractivity (Wildman–Crippen MR) is 79.7 cm³/mol. The van der Waals surface area contributed by atoms with E-state index in [9.17, 15) is 9.59 Å². The van der Waals surface area contributed by atoms with E-state index in [4.69, 9.17) is 10.5 Å². The predicted octanol–water partition coefficient (Wildman–Crippen LogP) is 0.288. The molecular weight excluding hydrogens is 282 g/mol. The molecule has 1 fully saturated rings. The first-order valence-corrected chi connectivity index (χ1v) is 6.85. The fraction of sp³-hybridized carbons (Fsp3) is 0.846. The topological polar surface area (TPSA) is 84.7 Å². The van der Waals surface area contributed by atoms with Gasteiger partial charge < -0.3 is 20.7 Å². The minimum atomic E-state index is -0.453. The van der Waals surface area contributed by atoms with Crippen LogP contribution in [0.25, 0.3) is 0 Å². The van der Waals surface area contributed by atoms with Crippen LogP contribution in [0.3, 0.4) is 0 Å². The molecule has 0 radical (unpaired) electrons. The SMILES string of the molecule is CCCC(N)C(=O)NCC1CCC(C(=O)N(C)C)O1.Cl. The highest BCUT2D eigenvalue weighted by atomic mass is 35.5. The van der Waals surface area contributed by atoms with Gasteiger partial charge in [-0.25, -0.2) is 0 Å². The van der Waals surface area contributed by atoms with Gasteiger partial charge >= 0.3 is 0 Å². The molecule has 0 bridgehead atoms. The Morgan fingerprint density at radius 2 is 2.05 bits per heavy atom. The largest absolute Gasteiger partial charge is 0.363 e. The fourth-order valence-corrected chi connectivity index (χ4v) is 2.11. The zero-order chi connectivity index (χ0) is 14.4. The number of ether oxygens (including phenoxy) is 1. The van der Waals surface area contributed by atoms with Gasteiger partial charge in [0.2, 0.25) is 5.91 Å². The van der Waals surface area contributed by atoms with Crippen molar-refractivity contribution in [1.82, 2.24) is 10.2 Å². The second-order valence-electron chi connectivity index (χ2n) is 5.20. The van der Waals surface area contributed by atoms with Crippen molar-refractivity contribution in [2.45, 2.75) is 50.9 Å². The number of hydrogen-bond acceptors (Lipinski definition) is 4. The second kappa shape index (κ2) is 9.15. The van der Waals surface area contributed by atoms with Gasteiger partial charge in [0.25, 0.3) is 5.91 Å². The maximum Gasteiger partial charge on any atom is 0.251 e. The molecule has 1 aliphatic rings. The summed E-state index contributed by atoms with van der Waals surface area (Å²) in [5.41, 5.74) is 5.71. The monoisotopic (exact) mass is 307 g/mol. The molecule has 20 heavy (non-hydrogen) atoms. The van der Waals surface area contributed by atoms with Gasteiger partial charge in [-0.1, -0.05) is 13.3 Å². The third-order valence-corrected chi connectivity index (χ3v) is 3.26. The number of carbonyl (C=O) groups is 2. The average molecular weight is 308 g/mol. The summed E-state index contributed by atoms with van der Waals surface area (Å²) < 4.78 is 5.63. The molecule has 3 N–H and O–H groups in total.